The summed E-state index contributed by atoms with van der Waals surface area (Å²) in [4.78, 5) is 8.36. The number of halogens is 1. The summed E-state index contributed by atoms with van der Waals surface area (Å²) in [5.74, 6) is 1.69. The van der Waals surface area contributed by atoms with Crippen molar-refractivity contribution in [1.82, 2.24) is 14.5 Å². The standard InChI is InChI=1S/C9H9BrN4/c1-6-12-2-3-14(6)9-8(10)4-7(11)5-13-9/h2-5H,11H2,1H3. The predicted molar refractivity (Wildman–Crippen MR) is 58.2 cm³/mol. The third kappa shape index (κ3) is 1.50. The Kier molecular flexibility index (Phi) is 2.25. The molecule has 5 heteroatoms. The molecule has 0 bridgehead atoms. The number of imidazole rings is 1. The van der Waals surface area contributed by atoms with E-state index < -0.39 is 0 Å². The molecular formula is C9H9BrN4. The summed E-state index contributed by atoms with van der Waals surface area (Å²) in [5.41, 5.74) is 6.24. The van der Waals surface area contributed by atoms with Crippen LogP contribution in [-0.4, -0.2) is 14.5 Å². The molecule has 2 N–H and O–H groups in total. The van der Waals surface area contributed by atoms with Crippen molar-refractivity contribution < 1.29 is 0 Å². The molecule has 0 aromatic carbocycles. The van der Waals surface area contributed by atoms with E-state index in [1.165, 1.54) is 0 Å². The smallest absolute Gasteiger partial charge is 0.152 e. The van der Waals surface area contributed by atoms with Gasteiger partial charge in [0.2, 0.25) is 0 Å². The summed E-state index contributed by atoms with van der Waals surface area (Å²) in [7, 11) is 0. The van der Waals surface area contributed by atoms with Crippen LogP contribution in [0.5, 0.6) is 0 Å². The van der Waals surface area contributed by atoms with Crippen LogP contribution in [-0.2, 0) is 0 Å². The third-order valence-electron chi connectivity index (χ3n) is 1.90. The summed E-state index contributed by atoms with van der Waals surface area (Å²) in [6.45, 7) is 1.92. The molecule has 2 heterocycles. The van der Waals surface area contributed by atoms with Gasteiger partial charge < -0.3 is 5.73 Å². The molecule has 0 fully saturated rings. The van der Waals surface area contributed by atoms with Crippen LogP contribution in [0.15, 0.2) is 29.1 Å². The van der Waals surface area contributed by atoms with Crippen molar-refractivity contribution in [1.29, 1.82) is 0 Å². The van der Waals surface area contributed by atoms with Crippen molar-refractivity contribution in [3.8, 4) is 5.82 Å². The lowest BCUT2D eigenvalue weighted by atomic mass is 10.4. The number of hydrogen-bond acceptors (Lipinski definition) is 3. The van der Waals surface area contributed by atoms with Crippen LogP contribution in [0.4, 0.5) is 5.69 Å². The van der Waals surface area contributed by atoms with Crippen LogP contribution in [0, 0.1) is 6.92 Å². The Hall–Kier alpha value is -1.36. The van der Waals surface area contributed by atoms with Gasteiger partial charge in [-0.05, 0) is 28.9 Å². The fraction of sp³-hybridized carbons (Fsp3) is 0.111. The van der Waals surface area contributed by atoms with E-state index in [1.54, 1.807) is 12.4 Å². The molecule has 0 radical (unpaired) electrons. The molecule has 2 aromatic rings. The van der Waals surface area contributed by atoms with Gasteiger partial charge in [0.25, 0.3) is 0 Å². The zero-order valence-electron chi connectivity index (χ0n) is 7.61. The second-order valence-electron chi connectivity index (χ2n) is 2.92. The highest BCUT2D eigenvalue weighted by Gasteiger charge is 2.06. The van der Waals surface area contributed by atoms with E-state index in [0.717, 1.165) is 16.1 Å². The van der Waals surface area contributed by atoms with Gasteiger partial charge in [-0.25, -0.2) is 9.97 Å². The number of aromatic nitrogens is 3. The van der Waals surface area contributed by atoms with Crippen LogP contribution in [0.3, 0.4) is 0 Å². The first kappa shape index (κ1) is 9.21. The number of nitrogen functional groups attached to an aromatic ring is 1. The first-order valence-corrected chi connectivity index (χ1v) is 4.89. The molecule has 0 unspecified atom stereocenters. The van der Waals surface area contributed by atoms with Crippen molar-refractivity contribution >= 4 is 21.6 Å². The lowest BCUT2D eigenvalue weighted by Gasteiger charge is -2.06. The molecule has 14 heavy (non-hydrogen) atoms. The molecule has 0 aliphatic heterocycles. The van der Waals surface area contributed by atoms with E-state index in [1.807, 2.05) is 23.8 Å². The predicted octanol–water partition coefficient (Wildman–Crippen LogP) is 1.92. The normalized spacial score (nSPS) is 10.4. The summed E-state index contributed by atoms with van der Waals surface area (Å²) in [6, 6.07) is 1.82. The maximum atomic E-state index is 5.60. The average Bonchev–Trinajstić information content (AvgIpc) is 2.52. The van der Waals surface area contributed by atoms with Gasteiger partial charge in [0.15, 0.2) is 5.82 Å². The molecule has 0 saturated heterocycles. The molecule has 0 saturated carbocycles. The molecule has 72 valence electrons. The highest BCUT2D eigenvalue weighted by atomic mass is 79.9. The number of anilines is 1. The fourth-order valence-electron chi connectivity index (χ4n) is 1.22. The van der Waals surface area contributed by atoms with Crippen molar-refractivity contribution in [2.75, 3.05) is 5.73 Å². The van der Waals surface area contributed by atoms with Crippen LogP contribution in [0.2, 0.25) is 0 Å². The molecule has 0 atom stereocenters. The van der Waals surface area contributed by atoms with Crippen LogP contribution in [0.25, 0.3) is 5.82 Å². The van der Waals surface area contributed by atoms with Gasteiger partial charge in [-0.2, -0.15) is 0 Å². The molecule has 2 aromatic heterocycles. The Morgan fingerprint density at radius 3 is 2.79 bits per heavy atom. The molecule has 0 aliphatic rings. The van der Waals surface area contributed by atoms with E-state index >= 15 is 0 Å². The molecule has 0 spiro atoms. The van der Waals surface area contributed by atoms with E-state index in [-0.39, 0.29) is 0 Å². The lowest BCUT2D eigenvalue weighted by molar-refractivity contribution is 0.927. The number of pyridine rings is 1. The first-order valence-electron chi connectivity index (χ1n) is 4.10. The zero-order chi connectivity index (χ0) is 10.1. The van der Waals surface area contributed by atoms with Crippen molar-refractivity contribution in [3.05, 3.63) is 35.0 Å². The second-order valence-corrected chi connectivity index (χ2v) is 3.77. The SMILES string of the molecule is Cc1nccn1-c1ncc(N)cc1Br. The maximum Gasteiger partial charge on any atom is 0.152 e. The number of nitrogens with zero attached hydrogens (tertiary/aromatic N) is 3. The van der Waals surface area contributed by atoms with Gasteiger partial charge in [-0.15, -0.1) is 0 Å². The summed E-state index contributed by atoms with van der Waals surface area (Å²) < 4.78 is 2.75. The van der Waals surface area contributed by atoms with Gasteiger partial charge in [0.05, 0.1) is 16.4 Å². The van der Waals surface area contributed by atoms with Crippen LogP contribution < -0.4 is 5.73 Å². The van der Waals surface area contributed by atoms with Gasteiger partial charge >= 0.3 is 0 Å². The Balaban J connectivity index is 2.58. The van der Waals surface area contributed by atoms with E-state index in [4.69, 9.17) is 5.73 Å². The number of aryl methyl sites for hydroxylation is 1. The summed E-state index contributed by atoms with van der Waals surface area (Å²) in [5, 5.41) is 0. The minimum Gasteiger partial charge on any atom is -0.397 e. The highest BCUT2D eigenvalue weighted by Crippen LogP contribution is 2.21. The van der Waals surface area contributed by atoms with Gasteiger partial charge in [0, 0.05) is 12.4 Å². The summed E-state index contributed by atoms with van der Waals surface area (Å²) in [6.07, 6.45) is 5.22. The number of nitrogens with two attached hydrogens (primary N) is 1. The minimum absolute atomic E-state index is 0.637. The van der Waals surface area contributed by atoms with Crippen LogP contribution >= 0.6 is 15.9 Å². The topological polar surface area (TPSA) is 56.7 Å². The van der Waals surface area contributed by atoms with Crippen LogP contribution in [0.1, 0.15) is 5.82 Å². The van der Waals surface area contributed by atoms with Crippen molar-refractivity contribution in [2.24, 2.45) is 0 Å². The van der Waals surface area contributed by atoms with Gasteiger partial charge in [-0.1, -0.05) is 0 Å². The Labute approximate surface area is 89.9 Å². The number of hydrogen-bond donors (Lipinski definition) is 1. The van der Waals surface area contributed by atoms with Crippen molar-refractivity contribution in [3.63, 3.8) is 0 Å². The van der Waals surface area contributed by atoms with Gasteiger partial charge in [-0.3, -0.25) is 4.57 Å². The van der Waals surface area contributed by atoms with E-state index in [0.29, 0.717) is 5.69 Å². The van der Waals surface area contributed by atoms with E-state index in [2.05, 4.69) is 25.9 Å². The lowest BCUT2D eigenvalue weighted by Crippen LogP contribution is -2.00. The second kappa shape index (κ2) is 3.42. The third-order valence-corrected chi connectivity index (χ3v) is 2.48. The highest BCUT2D eigenvalue weighted by molar-refractivity contribution is 9.10. The fourth-order valence-corrected chi connectivity index (χ4v) is 1.78. The number of rotatable bonds is 1. The van der Waals surface area contributed by atoms with E-state index in [9.17, 15) is 0 Å². The maximum absolute atomic E-state index is 5.60. The molecule has 4 nitrogen and oxygen atoms in total. The Bertz CT molecular complexity index is 464. The van der Waals surface area contributed by atoms with Crippen molar-refractivity contribution in [2.45, 2.75) is 6.92 Å². The largest absolute Gasteiger partial charge is 0.397 e. The Morgan fingerprint density at radius 2 is 2.21 bits per heavy atom. The summed E-state index contributed by atoms with van der Waals surface area (Å²) >= 11 is 3.41. The average molecular weight is 253 g/mol. The quantitative estimate of drug-likeness (QED) is 0.844. The molecule has 2 rings (SSSR count). The molecule has 0 amide bonds. The molecular weight excluding hydrogens is 244 g/mol. The first-order chi connectivity index (χ1) is 6.68. The molecule has 0 aliphatic carbocycles. The monoisotopic (exact) mass is 252 g/mol. The minimum atomic E-state index is 0.637. The Morgan fingerprint density at radius 1 is 1.43 bits per heavy atom. The zero-order valence-corrected chi connectivity index (χ0v) is 9.19. The van der Waals surface area contributed by atoms with Gasteiger partial charge in [0.1, 0.15) is 5.82 Å².